The highest BCUT2D eigenvalue weighted by Crippen LogP contribution is 2.76. The normalized spacial score (nSPS) is 47.5. The van der Waals surface area contributed by atoms with E-state index < -0.39 is 33.7 Å². The second-order valence-corrected chi connectivity index (χ2v) is 21.2. The number of aliphatic hydroxyl groups excluding tert-OH is 1. The Kier molecular flexibility index (Phi) is 9.04. The number of ether oxygens (including phenoxy) is 2. The molecule has 9 aliphatic rings. The number of aliphatic hydroxyl groups is 3. The fourth-order valence-electron chi connectivity index (χ4n) is 15.1. The van der Waals surface area contributed by atoms with E-state index in [0.29, 0.717) is 30.7 Å². The van der Waals surface area contributed by atoms with Gasteiger partial charge in [-0.05, 0) is 160 Å². The van der Waals surface area contributed by atoms with Crippen LogP contribution in [0.2, 0.25) is 0 Å². The molecule has 0 amide bonds. The van der Waals surface area contributed by atoms with Gasteiger partial charge in [-0.2, -0.15) is 0 Å². The molecule has 4 saturated carbocycles. The number of allylic oxidation sites excluding steroid dienone is 3. The first-order chi connectivity index (χ1) is 25.6. The van der Waals surface area contributed by atoms with Crippen molar-refractivity contribution in [1.29, 1.82) is 0 Å². The zero-order chi connectivity index (χ0) is 38.1. The number of nitrogens with one attached hydrogen (secondary N) is 1. The van der Waals surface area contributed by atoms with Crippen LogP contribution in [0.5, 0.6) is 0 Å². The van der Waals surface area contributed by atoms with Gasteiger partial charge in [0, 0.05) is 24.5 Å². The highest BCUT2D eigenvalue weighted by atomic mass is 16.6. The maximum absolute atomic E-state index is 15.0. The number of dihydropyridines is 1. The lowest BCUT2D eigenvalue weighted by atomic mass is 9.39. The van der Waals surface area contributed by atoms with Gasteiger partial charge in [0.25, 0.3) is 0 Å². The summed E-state index contributed by atoms with van der Waals surface area (Å²) in [4.78, 5) is 15.0. The minimum absolute atomic E-state index is 0.0455. The van der Waals surface area contributed by atoms with Crippen LogP contribution in [-0.4, -0.2) is 69.4 Å². The summed E-state index contributed by atoms with van der Waals surface area (Å²) in [5.41, 5.74) is 5.50. The molecule has 2 saturated heterocycles. The summed E-state index contributed by atoms with van der Waals surface area (Å²) in [7, 11) is 0. The minimum Gasteiger partial charge on any atom is -0.393 e. The fourth-order valence-corrected chi connectivity index (χ4v) is 15.1. The first-order valence-corrected chi connectivity index (χ1v) is 22.2. The maximum Gasteiger partial charge on any atom is 0.162 e. The lowest BCUT2D eigenvalue weighted by Crippen LogP contribution is -2.67. The predicted molar refractivity (Wildman–Crippen MR) is 209 cm³/mol. The third kappa shape index (κ3) is 5.20. The topological polar surface area (TPSA) is 138 Å². The first kappa shape index (κ1) is 37.8. The van der Waals surface area contributed by atoms with E-state index in [1.807, 2.05) is 13.0 Å². The number of ketones is 1. The monoisotopic (exact) mass is 747 g/mol. The summed E-state index contributed by atoms with van der Waals surface area (Å²) in [6.45, 7) is 12.4. The van der Waals surface area contributed by atoms with E-state index in [1.54, 1.807) is 0 Å². The Hall–Kier alpha value is -1.71. The highest BCUT2D eigenvalue weighted by molar-refractivity contribution is 6.00. The van der Waals surface area contributed by atoms with Gasteiger partial charge >= 0.3 is 0 Å². The van der Waals surface area contributed by atoms with Gasteiger partial charge in [0.15, 0.2) is 5.78 Å². The third-order valence-electron chi connectivity index (χ3n) is 18.4. The molecule has 3 aliphatic heterocycles. The third-order valence-corrected chi connectivity index (χ3v) is 18.4. The number of carbonyl (C=O) groups excluding carboxylic acids is 1. The van der Waals surface area contributed by atoms with Gasteiger partial charge in [-0.25, -0.2) is 0 Å². The van der Waals surface area contributed by atoms with E-state index in [1.165, 1.54) is 37.7 Å². The van der Waals surface area contributed by atoms with Crippen LogP contribution in [0.15, 0.2) is 34.7 Å². The molecule has 0 aromatic carbocycles. The van der Waals surface area contributed by atoms with Crippen molar-refractivity contribution in [2.45, 2.75) is 179 Å². The molecule has 0 aromatic rings. The van der Waals surface area contributed by atoms with Gasteiger partial charge in [-0.3, -0.25) is 4.79 Å². The Labute approximate surface area is 324 Å². The largest absolute Gasteiger partial charge is 0.393 e. The Morgan fingerprint density at radius 2 is 1.78 bits per heavy atom. The number of rotatable bonds is 8. The summed E-state index contributed by atoms with van der Waals surface area (Å²) in [5.74, 6) is 2.09. The molecule has 9 rings (SSSR count). The van der Waals surface area contributed by atoms with E-state index >= 15 is 0 Å². The number of Topliss-reactive ketones (excluding diaryl/α,β-unsaturated/α-hetero) is 1. The van der Waals surface area contributed by atoms with Crippen molar-refractivity contribution < 1.29 is 29.6 Å². The zero-order valence-corrected chi connectivity index (χ0v) is 33.9. The van der Waals surface area contributed by atoms with E-state index in [9.17, 15) is 20.1 Å². The van der Waals surface area contributed by atoms with Crippen molar-refractivity contribution in [3.05, 3.63) is 34.7 Å². The molecular formula is C46H70N2O6. The molecule has 13 atom stereocenters. The molecule has 54 heavy (non-hydrogen) atoms. The SMILES string of the molecule is C[C@@H]1CCO[C@]([C@H]2C[C@H]3CCC4=C5[C@H](CC[C@@]2(C)[C@]53O)[C@@]2(C3CCCCC3)CC[C@H](O)C[C@H]2C4=O)([C@H]2O[C@@H]2[C@](C)(O)C(C)(C)CCC2=CCNC(N)=C2)C1. The van der Waals surface area contributed by atoms with E-state index in [2.05, 4.69) is 39.1 Å². The van der Waals surface area contributed by atoms with Crippen LogP contribution < -0.4 is 11.1 Å². The zero-order valence-electron chi connectivity index (χ0n) is 33.9. The van der Waals surface area contributed by atoms with Gasteiger partial charge in [0.1, 0.15) is 17.8 Å². The highest BCUT2D eigenvalue weighted by Gasteiger charge is 2.78. The molecule has 6 aliphatic carbocycles. The number of hydrogen-bond donors (Lipinski definition) is 5. The standard InChI is InChI=1S/C46H70N2O6/c1-27-17-22-53-45(26-27,40-39(54-40)43(5,51)41(2,3)18-13-28-16-21-48-36(47)23-28)35-24-30-11-12-32-37-33(15-19-42(35,4)46(30,37)52)44(29-9-7-6-8-10-29)20-14-31(49)25-34(44)38(32)50/h16,23,27,29-31,33-35,39-40,48-49,51-52H,6-15,17-22,24-26,47H2,1-5H3/t27-,30-,31+,33+,34+,35+,39+,40+,42-,43+,44+,45-,46-/m1/s1. The fraction of sp³-hybridized carbons (Fsp3) is 0.848. The Bertz CT molecular complexity index is 1630. The molecule has 6 fully saturated rings. The molecule has 3 heterocycles. The van der Waals surface area contributed by atoms with Gasteiger partial charge in [-0.1, -0.05) is 53.0 Å². The lowest BCUT2D eigenvalue weighted by Gasteiger charge is -2.66. The van der Waals surface area contributed by atoms with E-state index in [-0.39, 0.29) is 47.1 Å². The molecule has 0 unspecified atom stereocenters. The predicted octanol–water partition coefficient (Wildman–Crippen LogP) is 7.01. The number of carbonyl (C=O) groups is 1. The van der Waals surface area contributed by atoms with Crippen molar-refractivity contribution in [3.63, 3.8) is 0 Å². The van der Waals surface area contributed by atoms with Crippen molar-refractivity contribution >= 4 is 5.78 Å². The number of fused-ring (bicyclic) bond motifs is 2. The molecule has 8 nitrogen and oxygen atoms in total. The van der Waals surface area contributed by atoms with Crippen LogP contribution >= 0.6 is 0 Å². The second kappa shape index (κ2) is 12.9. The molecular weight excluding hydrogens is 677 g/mol. The van der Waals surface area contributed by atoms with E-state index in [0.717, 1.165) is 88.3 Å². The molecule has 6 N–H and O–H groups in total. The Morgan fingerprint density at radius 3 is 2.52 bits per heavy atom. The minimum atomic E-state index is -1.10. The van der Waals surface area contributed by atoms with Crippen LogP contribution in [0, 0.1) is 51.8 Å². The first-order valence-electron chi connectivity index (χ1n) is 22.2. The van der Waals surface area contributed by atoms with Gasteiger partial charge in [0.2, 0.25) is 0 Å². The van der Waals surface area contributed by atoms with Gasteiger partial charge in [0.05, 0.1) is 23.1 Å². The number of epoxide rings is 1. The van der Waals surface area contributed by atoms with Crippen molar-refractivity contribution in [2.75, 3.05) is 13.2 Å². The maximum atomic E-state index is 15.0. The molecule has 8 heteroatoms. The van der Waals surface area contributed by atoms with Crippen LogP contribution in [0.25, 0.3) is 0 Å². The molecule has 0 spiro atoms. The van der Waals surface area contributed by atoms with Gasteiger partial charge in [-0.15, -0.1) is 0 Å². The molecule has 0 bridgehead atoms. The van der Waals surface area contributed by atoms with Crippen molar-refractivity contribution in [1.82, 2.24) is 5.32 Å². The second-order valence-electron chi connectivity index (χ2n) is 21.2. The average molecular weight is 747 g/mol. The number of nitrogens with two attached hydrogens (primary N) is 1. The van der Waals surface area contributed by atoms with Crippen molar-refractivity contribution in [3.8, 4) is 0 Å². The summed E-state index contributed by atoms with van der Waals surface area (Å²) in [6.07, 6.45) is 19.3. The Balaban J connectivity index is 1.07. The summed E-state index contributed by atoms with van der Waals surface area (Å²) in [6, 6.07) is 0. The molecule has 300 valence electrons. The number of hydrogen-bond acceptors (Lipinski definition) is 8. The summed E-state index contributed by atoms with van der Waals surface area (Å²) < 4.78 is 14.0. The average Bonchev–Trinajstić information content (AvgIpc) is 3.93. The smallest absolute Gasteiger partial charge is 0.162 e. The van der Waals surface area contributed by atoms with E-state index in [4.69, 9.17) is 15.2 Å². The Morgan fingerprint density at radius 1 is 1.00 bits per heavy atom. The van der Waals surface area contributed by atoms with Crippen LogP contribution in [-0.2, 0) is 14.3 Å². The van der Waals surface area contributed by atoms with Gasteiger partial charge < -0.3 is 35.8 Å². The van der Waals surface area contributed by atoms with Crippen molar-refractivity contribution in [2.24, 2.45) is 57.5 Å². The lowest BCUT2D eigenvalue weighted by molar-refractivity contribution is -0.201. The summed E-state index contributed by atoms with van der Waals surface area (Å²) in [5, 5.41) is 40.6. The van der Waals surface area contributed by atoms with Crippen LogP contribution in [0.1, 0.15) is 144 Å². The van der Waals surface area contributed by atoms with Crippen LogP contribution in [0.3, 0.4) is 0 Å². The quantitative estimate of drug-likeness (QED) is 0.167. The van der Waals surface area contributed by atoms with Crippen LogP contribution in [0.4, 0.5) is 0 Å². The molecule has 0 aromatic heterocycles. The molecule has 0 radical (unpaired) electrons. The summed E-state index contributed by atoms with van der Waals surface area (Å²) >= 11 is 0.